The highest BCUT2D eigenvalue weighted by atomic mass is 32.2. The lowest BCUT2D eigenvalue weighted by Gasteiger charge is -2.23. The Bertz CT molecular complexity index is 1450. The van der Waals surface area contributed by atoms with Crippen LogP contribution in [0.15, 0.2) is 96.0 Å². The summed E-state index contributed by atoms with van der Waals surface area (Å²) in [7, 11) is -3.58. The van der Waals surface area contributed by atoms with Crippen molar-refractivity contribution in [3.8, 4) is 0 Å². The Labute approximate surface area is 216 Å². The molecule has 8 nitrogen and oxygen atoms in total. The Kier molecular flexibility index (Phi) is 8.86. The fraction of sp³-hybridized carbons (Fsp3) is 0.179. The van der Waals surface area contributed by atoms with E-state index in [2.05, 4.69) is 26.7 Å². The lowest BCUT2D eigenvalue weighted by atomic mass is 10.1. The first kappa shape index (κ1) is 26.3. The second-order valence-electron chi connectivity index (χ2n) is 8.65. The molecule has 9 heteroatoms. The van der Waals surface area contributed by atoms with Gasteiger partial charge < -0.3 is 4.98 Å². The standard InChI is InChI=1S/C28H30N4O4S/c33-28(31-34)15-14-22-10-12-23(13-11-22)21-32(18-16-24-20-29-27-9-5-4-8-26(24)27)19-17-30-37(35,36)25-6-2-1-3-7-25/h1-15,20,29-30,34H,16-19,21H2,(H,31,33)/b15-14+. The maximum absolute atomic E-state index is 12.6. The average molecular weight is 519 g/mol. The Morgan fingerprint density at radius 2 is 1.68 bits per heavy atom. The maximum atomic E-state index is 12.6. The lowest BCUT2D eigenvalue weighted by Crippen LogP contribution is -2.35. The van der Waals surface area contributed by atoms with E-state index in [4.69, 9.17) is 5.21 Å². The van der Waals surface area contributed by atoms with Gasteiger partial charge in [0.05, 0.1) is 4.90 Å². The van der Waals surface area contributed by atoms with Gasteiger partial charge in [-0.05, 0) is 47.4 Å². The molecule has 0 aliphatic carbocycles. The number of rotatable bonds is 12. The van der Waals surface area contributed by atoms with E-state index in [1.807, 2.05) is 42.6 Å². The number of hydrogen-bond acceptors (Lipinski definition) is 5. The van der Waals surface area contributed by atoms with E-state index in [-0.39, 0.29) is 11.4 Å². The molecule has 1 heterocycles. The zero-order chi connectivity index (χ0) is 26.1. The van der Waals surface area contributed by atoms with Crippen LogP contribution in [0.5, 0.6) is 0 Å². The van der Waals surface area contributed by atoms with Gasteiger partial charge in [0.15, 0.2) is 0 Å². The van der Waals surface area contributed by atoms with Crippen molar-refractivity contribution < 1.29 is 18.4 Å². The summed E-state index contributed by atoms with van der Waals surface area (Å²) in [5.74, 6) is -0.592. The van der Waals surface area contributed by atoms with E-state index >= 15 is 0 Å². The molecule has 4 aromatic rings. The molecule has 0 unspecified atom stereocenters. The summed E-state index contributed by atoms with van der Waals surface area (Å²) in [6.07, 6.45) is 5.71. The Morgan fingerprint density at radius 3 is 2.43 bits per heavy atom. The molecule has 0 aliphatic rings. The van der Waals surface area contributed by atoms with Crippen LogP contribution >= 0.6 is 0 Å². The van der Waals surface area contributed by atoms with Crippen LogP contribution in [0.1, 0.15) is 16.7 Å². The van der Waals surface area contributed by atoms with Crippen molar-refractivity contribution in [3.05, 3.63) is 108 Å². The zero-order valence-electron chi connectivity index (χ0n) is 20.3. The minimum Gasteiger partial charge on any atom is -0.361 e. The van der Waals surface area contributed by atoms with Crippen molar-refractivity contribution in [1.82, 2.24) is 20.1 Å². The lowest BCUT2D eigenvalue weighted by molar-refractivity contribution is -0.124. The number of amides is 1. The van der Waals surface area contributed by atoms with Crippen molar-refractivity contribution in [1.29, 1.82) is 0 Å². The number of para-hydroxylation sites is 1. The molecule has 192 valence electrons. The predicted molar refractivity (Wildman–Crippen MR) is 144 cm³/mol. The molecule has 1 amide bonds. The van der Waals surface area contributed by atoms with E-state index in [0.29, 0.717) is 13.1 Å². The van der Waals surface area contributed by atoms with Crippen molar-refractivity contribution >= 4 is 32.9 Å². The van der Waals surface area contributed by atoms with Crippen LogP contribution < -0.4 is 10.2 Å². The van der Waals surface area contributed by atoms with E-state index in [1.54, 1.807) is 41.9 Å². The molecule has 1 aromatic heterocycles. The van der Waals surface area contributed by atoms with E-state index < -0.39 is 15.9 Å². The summed E-state index contributed by atoms with van der Waals surface area (Å²) in [6.45, 7) is 2.19. The third kappa shape index (κ3) is 7.37. The van der Waals surface area contributed by atoms with Crippen LogP contribution in [0, 0.1) is 0 Å². The molecular weight excluding hydrogens is 488 g/mol. The van der Waals surface area contributed by atoms with E-state index in [1.165, 1.54) is 17.0 Å². The summed E-state index contributed by atoms with van der Waals surface area (Å²) >= 11 is 0. The predicted octanol–water partition coefficient (Wildman–Crippen LogP) is 3.71. The van der Waals surface area contributed by atoms with Gasteiger partial charge in [0, 0.05) is 49.4 Å². The molecule has 0 fully saturated rings. The third-order valence-electron chi connectivity index (χ3n) is 6.07. The molecular formula is C28H30N4O4S. The number of carbonyl (C=O) groups excluding carboxylic acids is 1. The molecule has 37 heavy (non-hydrogen) atoms. The fourth-order valence-electron chi connectivity index (χ4n) is 4.11. The van der Waals surface area contributed by atoms with Crippen LogP contribution in [-0.4, -0.2) is 49.1 Å². The number of hydroxylamine groups is 1. The molecule has 0 radical (unpaired) electrons. The van der Waals surface area contributed by atoms with Crippen LogP contribution in [0.25, 0.3) is 17.0 Å². The molecule has 0 bridgehead atoms. The van der Waals surface area contributed by atoms with Crippen molar-refractivity contribution in [2.75, 3.05) is 19.6 Å². The van der Waals surface area contributed by atoms with Crippen molar-refractivity contribution in [2.45, 2.75) is 17.9 Å². The average Bonchev–Trinajstić information content (AvgIpc) is 3.34. The molecule has 3 aromatic carbocycles. The van der Waals surface area contributed by atoms with Gasteiger partial charge in [-0.25, -0.2) is 18.6 Å². The van der Waals surface area contributed by atoms with Gasteiger partial charge >= 0.3 is 0 Å². The first-order chi connectivity index (χ1) is 17.9. The first-order valence-electron chi connectivity index (χ1n) is 12.0. The molecule has 0 atom stereocenters. The minimum absolute atomic E-state index is 0.249. The second kappa shape index (κ2) is 12.5. The summed E-state index contributed by atoms with van der Waals surface area (Å²) in [4.78, 5) is 17.0. The zero-order valence-corrected chi connectivity index (χ0v) is 21.1. The quantitative estimate of drug-likeness (QED) is 0.130. The highest BCUT2D eigenvalue weighted by molar-refractivity contribution is 7.89. The number of carbonyl (C=O) groups is 1. The molecule has 0 saturated carbocycles. The van der Waals surface area contributed by atoms with Crippen LogP contribution in [-0.2, 0) is 27.8 Å². The third-order valence-corrected chi connectivity index (χ3v) is 7.55. The number of fused-ring (bicyclic) bond motifs is 1. The summed E-state index contributed by atoms with van der Waals surface area (Å²) in [5.41, 5.74) is 5.77. The van der Waals surface area contributed by atoms with Gasteiger partial charge in [-0.3, -0.25) is 14.9 Å². The van der Waals surface area contributed by atoms with Crippen LogP contribution in [0.3, 0.4) is 0 Å². The number of hydrogen-bond donors (Lipinski definition) is 4. The first-order valence-corrected chi connectivity index (χ1v) is 13.5. The molecule has 0 aliphatic heterocycles. The maximum Gasteiger partial charge on any atom is 0.267 e. The topological polar surface area (TPSA) is 115 Å². The summed E-state index contributed by atoms with van der Waals surface area (Å²) < 4.78 is 28.0. The van der Waals surface area contributed by atoms with Crippen LogP contribution in [0.4, 0.5) is 0 Å². The van der Waals surface area contributed by atoms with Gasteiger partial charge in [-0.2, -0.15) is 0 Å². The largest absolute Gasteiger partial charge is 0.361 e. The second-order valence-corrected chi connectivity index (χ2v) is 10.4. The Balaban J connectivity index is 1.43. The van der Waals surface area contributed by atoms with Crippen LogP contribution in [0.2, 0.25) is 0 Å². The number of nitrogens with zero attached hydrogens (tertiary/aromatic N) is 1. The number of nitrogens with one attached hydrogen (secondary N) is 3. The summed E-state index contributed by atoms with van der Waals surface area (Å²) in [6, 6.07) is 24.3. The Morgan fingerprint density at radius 1 is 0.946 bits per heavy atom. The molecule has 0 saturated heterocycles. The van der Waals surface area contributed by atoms with Crippen molar-refractivity contribution in [3.63, 3.8) is 0 Å². The SMILES string of the molecule is O=C(/C=C/c1ccc(CN(CCNS(=O)(=O)c2ccccc2)CCc2c[nH]c3ccccc23)cc1)NO. The van der Waals surface area contributed by atoms with Gasteiger partial charge in [0.1, 0.15) is 0 Å². The highest BCUT2D eigenvalue weighted by Gasteiger charge is 2.14. The Hall–Kier alpha value is -3.76. The minimum atomic E-state index is -3.58. The fourth-order valence-corrected chi connectivity index (χ4v) is 5.15. The van der Waals surface area contributed by atoms with E-state index in [9.17, 15) is 13.2 Å². The van der Waals surface area contributed by atoms with Crippen molar-refractivity contribution in [2.24, 2.45) is 0 Å². The monoisotopic (exact) mass is 518 g/mol. The highest BCUT2D eigenvalue weighted by Crippen LogP contribution is 2.19. The number of aromatic amines is 1. The van der Waals surface area contributed by atoms with Gasteiger partial charge in [-0.1, -0.05) is 60.7 Å². The van der Waals surface area contributed by atoms with Gasteiger partial charge in [0.25, 0.3) is 5.91 Å². The van der Waals surface area contributed by atoms with Gasteiger partial charge in [-0.15, -0.1) is 0 Å². The number of aromatic nitrogens is 1. The molecule has 4 N–H and O–H groups in total. The van der Waals surface area contributed by atoms with Gasteiger partial charge in [0.2, 0.25) is 10.0 Å². The normalized spacial score (nSPS) is 11.9. The molecule has 4 rings (SSSR count). The number of sulfonamides is 1. The number of H-pyrrole nitrogens is 1. The number of benzene rings is 3. The summed E-state index contributed by atoms with van der Waals surface area (Å²) in [5, 5.41) is 9.81. The smallest absolute Gasteiger partial charge is 0.267 e. The van der Waals surface area contributed by atoms with E-state index in [0.717, 1.165) is 29.6 Å². The molecule has 0 spiro atoms.